The molecule has 0 aliphatic heterocycles. The van der Waals surface area contributed by atoms with Crippen molar-refractivity contribution < 1.29 is 23.1 Å². The second-order valence-corrected chi connectivity index (χ2v) is 7.15. The van der Waals surface area contributed by atoms with Crippen molar-refractivity contribution in [2.75, 3.05) is 30.9 Å². The molecule has 0 heterocycles. The number of carbonyl (C=O) groups is 2. The number of rotatable bonds is 5. The molecule has 0 saturated heterocycles. The van der Waals surface area contributed by atoms with Gasteiger partial charge in [-0.05, 0) is 18.2 Å². The highest BCUT2D eigenvalue weighted by Gasteiger charge is 2.13. The number of amides is 2. The third kappa shape index (κ3) is 5.60. The van der Waals surface area contributed by atoms with Crippen LogP contribution in [0.1, 0.15) is 10.4 Å². The Kier molecular flexibility index (Phi) is 5.56. The van der Waals surface area contributed by atoms with Crippen LogP contribution < -0.4 is 5.32 Å². The maximum atomic E-state index is 11.8. The molecule has 1 rings (SSSR count). The third-order valence-electron chi connectivity index (χ3n) is 2.59. The first-order valence-corrected chi connectivity index (χ1v) is 8.26. The summed E-state index contributed by atoms with van der Waals surface area (Å²) in [5.41, 5.74) is 0.251. The van der Waals surface area contributed by atoms with E-state index in [0.717, 1.165) is 6.26 Å². The highest BCUT2D eigenvalue weighted by molar-refractivity contribution is 7.90. The summed E-state index contributed by atoms with van der Waals surface area (Å²) in [6.45, 7) is 0.0472. The van der Waals surface area contributed by atoms with Gasteiger partial charge in [-0.15, -0.1) is 0 Å². The van der Waals surface area contributed by atoms with E-state index in [0.29, 0.717) is 5.69 Å². The van der Waals surface area contributed by atoms with Crippen LogP contribution in [0.15, 0.2) is 18.2 Å². The maximum Gasteiger partial charge on any atom is 0.337 e. The summed E-state index contributed by atoms with van der Waals surface area (Å²) in [7, 11) is -1.70. The number of sulfone groups is 1. The Balaban J connectivity index is 2.70. The van der Waals surface area contributed by atoms with Crippen LogP contribution in [-0.2, 0) is 9.84 Å². The molecule has 0 aromatic heterocycles. The number of aromatic carboxylic acids is 1. The number of carboxylic acids is 1. The van der Waals surface area contributed by atoms with Gasteiger partial charge in [0.05, 0.1) is 16.3 Å². The number of halogens is 1. The fraction of sp³-hybridized carbons (Fsp3) is 0.333. The van der Waals surface area contributed by atoms with Crippen LogP contribution in [-0.4, -0.2) is 56.0 Å². The lowest BCUT2D eigenvalue weighted by molar-refractivity contribution is 0.0697. The number of nitrogens with zero attached hydrogens (tertiary/aromatic N) is 1. The number of carboxylic acid groups (broad SMARTS) is 1. The van der Waals surface area contributed by atoms with E-state index in [1.165, 1.54) is 30.1 Å². The molecule has 1 aromatic rings. The molecule has 2 N–H and O–H groups in total. The summed E-state index contributed by atoms with van der Waals surface area (Å²) in [6, 6.07) is 3.47. The van der Waals surface area contributed by atoms with Crippen molar-refractivity contribution in [3.63, 3.8) is 0 Å². The molecule has 0 atom stereocenters. The molecule has 21 heavy (non-hydrogen) atoms. The van der Waals surface area contributed by atoms with E-state index in [2.05, 4.69) is 5.32 Å². The Morgan fingerprint density at radius 2 is 2.00 bits per heavy atom. The number of nitrogens with one attached hydrogen (secondary N) is 1. The number of carbonyl (C=O) groups excluding carboxylic acids is 1. The second-order valence-electron chi connectivity index (χ2n) is 4.48. The van der Waals surface area contributed by atoms with Crippen LogP contribution in [0.4, 0.5) is 10.5 Å². The van der Waals surface area contributed by atoms with E-state index >= 15 is 0 Å². The van der Waals surface area contributed by atoms with E-state index in [1.807, 2.05) is 0 Å². The Bertz CT molecular complexity index is 660. The van der Waals surface area contributed by atoms with E-state index < -0.39 is 21.8 Å². The third-order valence-corrected chi connectivity index (χ3v) is 3.83. The number of hydrogen-bond donors (Lipinski definition) is 2. The molecule has 116 valence electrons. The van der Waals surface area contributed by atoms with Gasteiger partial charge >= 0.3 is 12.0 Å². The van der Waals surface area contributed by atoms with E-state index in [1.54, 1.807) is 0 Å². The first-order valence-electron chi connectivity index (χ1n) is 5.83. The molecule has 0 fully saturated rings. The van der Waals surface area contributed by atoms with Gasteiger partial charge < -0.3 is 15.3 Å². The number of benzene rings is 1. The molecule has 0 saturated carbocycles. The minimum Gasteiger partial charge on any atom is -0.478 e. The predicted molar refractivity (Wildman–Crippen MR) is 79.8 cm³/mol. The number of urea groups is 1. The SMILES string of the molecule is CN(CCS(C)(=O)=O)C(=O)Nc1ccc(C(=O)O)c(Cl)c1. The lowest BCUT2D eigenvalue weighted by Gasteiger charge is -2.17. The Morgan fingerprint density at radius 3 is 2.48 bits per heavy atom. The molecule has 7 nitrogen and oxygen atoms in total. The first-order chi connectivity index (χ1) is 9.60. The van der Waals surface area contributed by atoms with Crippen molar-refractivity contribution in [2.45, 2.75) is 0 Å². The average molecular weight is 335 g/mol. The first kappa shape index (κ1) is 17.3. The lowest BCUT2D eigenvalue weighted by atomic mass is 10.2. The van der Waals surface area contributed by atoms with Crippen LogP contribution >= 0.6 is 11.6 Å². The second kappa shape index (κ2) is 6.77. The maximum absolute atomic E-state index is 11.8. The molecular weight excluding hydrogens is 320 g/mol. The number of hydrogen-bond acceptors (Lipinski definition) is 4. The van der Waals surface area contributed by atoms with E-state index in [4.69, 9.17) is 16.7 Å². The predicted octanol–water partition coefficient (Wildman–Crippen LogP) is 1.55. The van der Waals surface area contributed by atoms with Gasteiger partial charge in [0.25, 0.3) is 0 Å². The van der Waals surface area contributed by atoms with Crippen molar-refractivity contribution >= 4 is 39.1 Å². The molecule has 2 amide bonds. The van der Waals surface area contributed by atoms with Gasteiger partial charge in [-0.1, -0.05) is 11.6 Å². The number of anilines is 1. The summed E-state index contributed by atoms with van der Waals surface area (Å²) in [6.07, 6.45) is 1.09. The quantitative estimate of drug-likeness (QED) is 0.850. The highest BCUT2D eigenvalue weighted by Crippen LogP contribution is 2.21. The van der Waals surface area contributed by atoms with Crippen LogP contribution in [0.25, 0.3) is 0 Å². The van der Waals surface area contributed by atoms with Gasteiger partial charge in [-0.2, -0.15) is 0 Å². The zero-order chi connectivity index (χ0) is 16.2. The minimum absolute atomic E-state index is 0.000843. The van der Waals surface area contributed by atoms with Gasteiger partial charge in [0, 0.05) is 25.5 Å². The Labute approximate surface area is 127 Å². The zero-order valence-electron chi connectivity index (χ0n) is 11.5. The van der Waals surface area contributed by atoms with Crippen molar-refractivity contribution in [3.05, 3.63) is 28.8 Å². The molecule has 0 unspecified atom stereocenters. The van der Waals surface area contributed by atoms with Gasteiger partial charge in [0.15, 0.2) is 0 Å². The van der Waals surface area contributed by atoms with Crippen LogP contribution in [0.2, 0.25) is 5.02 Å². The average Bonchev–Trinajstić information content (AvgIpc) is 2.34. The molecule has 0 spiro atoms. The van der Waals surface area contributed by atoms with Crippen molar-refractivity contribution in [1.29, 1.82) is 0 Å². The van der Waals surface area contributed by atoms with Crippen LogP contribution in [0.5, 0.6) is 0 Å². The summed E-state index contributed by atoms with van der Waals surface area (Å²) in [4.78, 5) is 23.8. The smallest absolute Gasteiger partial charge is 0.337 e. The summed E-state index contributed by atoms with van der Waals surface area (Å²) in [5.74, 6) is -1.31. The zero-order valence-corrected chi connectivity index (χ0v) is 13.0. The van der Waals surface area contributed by atoms with Gasteiger partial charge in [0.1, 0.15) is 9.84 Å². The van der Waals surface area contributed by atoms with Crippen molar-refractivity contribution in [3.8, 4) is 0 Å². The lowest BCUT2D eigenvalue weighted by Crippen LogP contribution is -2.34. The fourth-order valence-corrected chi connectivity index (χ4v) is 2.26. The van der Waals surface area contributed by atoms with E-state index in [9.17, 15) is 18.0 Å². The normalized spacial score (nSPS) is 11.0. The molecule has 0 aliphatic carbocycles. The fourth-order valence-electron chi connectivity index (χ4n) is 1.39. The van der Waals surface area contributed by atoms with Crippen LogP contribution in [0.3, 0.4) is 0 Å². The molecule has 1 aromatic carbocycles. The Hall–Kier alpha value is -1.80. The Morgan fingerprint density at radius 1 is 1.38 bits per heavy atom. The molecular formula is C12H15ClN2O5S. The van der Waals surface area contributed by atoms with Crippen molar-refractivity contribution in [1.82, 2.24) is 4.90 Å². The molecule has 0 aliphatic rings. The summed E-state index contributed by atoms with van der Waals surface area (Å²) in [5, 5.41) is 11.3. The molecule has 0 bridgehead atoms. The highest BCUT2D eigenvalue weighted by atomic mass is 35.5. The standard InChI is InChI=1S/C12H15ClN2O5S/c1-15(5-6-21(2,19)20)12(18)14-8-3-4-9(11(16)17)10(13)7-8/h3-4,7H,5-6H2,1-2H3,(H,14,18)(H,16,17). The summed E-state index contributed by atoms with van der Waals surface area (Å²) < 4.78 is 22.1. The van der Waals surface area contributed by atoms with Crippen LogP contribution in [0, 0.1) is 0 Å². The largest absolute Gasteiger partial charge is 0.478 e. The van der Waals surface area contributed by atoms with Crippen molar-refractivity contribution in [2.24, 2.45) is 0 Å². The topological polar surface area (TPSA) is 104 Å². The van der Waals surface area contributed by atoms with E-state index in [-0.39, 0.29) is 22.9 Å². The van der Waals surface area contributed by atoms with Gasteiger partial charge in [-0.3, -0.25) is 0 Å². The monoisotopic (exact) mass is 334 g/mol. The van der Waals surface area contributed by atoms with Gasteiger partial charge in [0.2, 0.25) is 0 Å². The summed E-state index contributed by atoms with van der Waals surface area (Å²) >= 11 is 5.78. The minimum atomic E-state index is -3.16. The van der Waals surface area contributed by atoms with Gasteiger partial charge in [-0.25, -0.2) is 18.0 Å². The molecule has 0 radical (unpaired) electrons. The molecule has 9 heteroatoms.